The van der Waals surface area contributed by atoms with Gasteiger partial charge in [0, 0.05) is 30.1 Å². The molecule has 0 aliphatic carbocycles. The molecule has 3 nitrogen and oxygen atoms in total. The van der Waals surface area contributed by atoms with Crippen molar-refractivity contribution in [1.29, 1.82) is 0 Å². The van der Waals surface area contributed by atoms with Crippen LogP contribution in [0.2, 0.25) is 0 Å². The summed E-state index contributed by atoms with van der Waals surface area (Å²) in [4.78, 5) is 3.43. The summed E-state index contributed by atoms with van der Waals surface area (Å²) >= 11 is 5.18. The third kappa shape index (κ3) is 3.70. The molecule has 2 heterocycles. The number of benzene rings is 1. The quantitative estimate of drug-likeness (QED) is 0.658. The Labute approximate surface area is 136 Å². The molecule has 1 fully saturated rings. The molecule has 6 heteroatoms. The maximum Gasteiger partial charge on any atom is 0.120 e. The molecule has 112 valence electrons. The van der Waals surface area contributed by atoms with Crippen molar-refractivity contribution in [3.05, 3.63) is 33.7 Å². The first-order valence-electron chi connectivity index (χ1n) is 6.94. The van der Waals surface area contributed by atoms with E-state index in [9.17, 15) is 10.2 Å². The number of likely N-dealkylation sites (tertiary alicyclic amines) is 1. The van der Waals surface area contributed by atoms with Crippen LogP contribution in [0.4, 0.5) is 0 Å². The molecular formula is C15H17NO2S3. The zero-order valence-corrected chi connectivity index (χ0v) is 13.9. The molecule has 3 rings (SSSR count). The van der Waals surface area contributed by atoms with Gasteiger partial charge in [-0.25, -0.2) is 0 Å². The molecule has 0 atom stereocenters. The third-order valence-electron chi connectivity index (χ3n) is 3.78. The van der Waals surface area contributed by atoms with Gasteiger partial charge in [-0.15, -0.1) is 0 Å². The van der Waals surface area contributed by atoms with Crippen molar-refractivity contribution in [3.8, 4) is 16.2 Å². The molecule has 21 heavy (non-hydrogen) atoms. The van der Waals surface area contributed by atoms with Gasteiger partial charge in [0.1, 0.15) is 9.57 Å². The molecule has 1 aromatic heterocycles. The van der Waals surface area contributed by atoms with Crippen LogP contribution in [-0.2, 0) is 6.54 Å². The van der Waals surface area contributed by atoms with E-state index >= 15 is 0 Å². The number of hydrogen-bond acceptors (Lipinski definition) is 6. The second-order valence-electron chi connectivity index (χ2n) is 5.35. The number of nitrogens with zero attached hydrogens (tertiary/aromatic N) is 1. The highest BCUT2D eigenvalue weighted by Crippen LogP contribution is 2.32. The van der Waals surface area contributed by atoms with Crippen LogP contribution < -0.4 is 0 Å². The van der Waals surface area contributed by atoms with Crippen molar-refractivity contribution in [2.75, 3.05) is 13.1 Å². The van der Waals surface area contributed by atoms with Crippen LogP contribution in [0.3, 0.4) is 0 Å². The molecule has 1 aliphatic rings. The Morgan fingerprint density at radius 3 is 2.62 bits per heavy atom. The highest BCUT2D eigenvalue weighted by atomic mass is 32.9. The van der Waals surface area contributed by atoms with Crippen molar-refractivity contribution >= 4 is 32.9 Å². The van der Waals surface area contributed by atoms with Gasteiger partial charge in [0.05, 0.1) is 6.10 Å². The summed E-state index contributed by atoms with van der Waals surface area (Å²) in [6.07, 6.45) is 1.46. The summed E-state index contributed by atoms with van der Waals surface area (Å²) in [6, 6.07) is 7.76. The average molecular weight is 340 g/mol. The molecule has 1 aliphatic heterocycles. The van der Waals surface area contributed by atoms with Crippen LogP contribution in [-0.4, -0.2) is 34.3 Å². The van der Waals surface area contributed by atoms with Crippen LogP contribution in [0.1, 0.15) is 18.4 Å². The van der Waals surface area contributed by atoms with Gasteiger partial charge in [-0.3, -0.25) is 4.90 Å². The number of hydrogen-bond donors (Lipinski definition) is 2. The predicted octanol–water partition coefficient (Wildman–Crippen LogP) is 3.87. The number of aromatic hydroxyl groups is 1. The smallest absolute Gasteiger partial charge is 0.120 e. The zero-order chi connectivity index (χ0) is 14.8. The Morgan fingerprint density at radius 2 is 1.95 bits per heavy atom. The third-order valence-corrected chi connectivity index (χ3v) is 6.69. The minimum Gasteiger partial charge on any atom is -0.508 e. The van der Waals surface area contributed by atoms with E-state index in [1.165, 1.54) is 0 Å². The summed E-state index contributed by atoms with van der Waals surface area (Å²) in [5.74, 6) is 0.337. The molecule has 0 saturated carbocycles. The summed E-state index contributed by atoms with van der Waals surface area (Å²) in [7, 11) is 3.27. The second-order valence-corrected chi connectivity index (χ2v) is 8.26. The van der Waals surface area contributed by atoms with Crippen molar-refractivity contribution in [2.45, 2.75) is 25.5 Å². The molecule has 1 aromatic carbocycles. The standard InChI is InChI=1S/C15H17NO2S3/c17-12-3-5-16(6-4-12)9-11-7-10(1-2-13(11)18)14-8-15(19)21-20-14/h1-2,7-8,12,17-18H,3-6,9H2. The Hall–Kier alpha value is -0.790. The van der Waals surface area contributed by atoms with Crippen molar-refractivity contribution in [3.63, 3.8) is 0 Å². The average Bonchev–Trinajstić information content (AvgIpc) is 2.90. The van der Waals surface area contributed by atoms with Gasteiger partial charge in [0.15, 0.2) is 0 Å². The highest BCUT2D eigenvalue weighted by molar-refractivity contribution is 7.80. The fourth-order valence-electron chi connectivity index (χ4n) is 2.56. The van der Waals surface area contributed by atoms with Crippen molar-refractivity contribution < 1.29 is 10.2 Å². The fourth-order valence-corrected chi connectivity index (χ4v) is 4.95. The van der Waals surface area contributed by atoms with E-state index in [0.29, 0.717) is 5.75 Å². The number of aliphatic hydroxyl groups excluding tert-OH is 1. The largest absolute Gasteiger partial charge is 0.508 e. The molecule has 0 radical (unpaired) electrons. The van der Waals surface area contributed by atoms with Gasteiger partial charge >= 0.3 is 0 Å². The van der Waals surface area contributed by atoms with E-state index < -0.39 is 0 Å². The molecule has 1 saturated heterocycles. The topological polar surface area (TPSA) is 43.7 Å². The number of aliphatic hydroxyl groups is 1. The predicted molar refractivity (Wildman–Crippen MR) is 90.6 cm³/mol. The van der Waals surface area contributed by atoms with Crippen molar-refractivity contribution in [2.24, 2.45) is 0 Å². The monoisotopic (exact) mass is 339 g/mol. The lowest BCUT2D eigenvalue weighted by Crippen LogP contribution is -2.35. The molecule has 0 spiro atoms. The number of piperidine rings is 1. The Bertz CT molecular complexity index is 672. The van der Waals surface area contributed by atoms with E-state index in [4.69, 9.17) is 12.2 Å². The van der Waals surface area contributed by atoms with Gasteiger partial charge < -0.3 is 10.2 Å². The maximum atomic E-state index is 10.1. The first-order valence-corrected chi connectivity index (χ1v) is 9.50. The lowest BCUT2D eigenvalue weighted by molar-refractivity contribution is 0.0789. The van der Waals surface area contributed by atoms with Gasteiger partial charge in [0.25, 0.3) is 0 Å². The second kappa shape index (κ2) is 6.54. The van der Waals surface area contributed by atoms with E-state index in [-0.39, 0.29) is 6.10 Å². The first kappa shape index (κ1) is 15.1. The fraction of sp³-hybridized carbons (Fsp3) is 0.400. The van der Waals surface area contributed by atoms with E-state index in [2.05, 4.69) is 4.90 Å². The zero-order valence-electron chi connectivity index (χ0n) is 11.5. The summed E-state index contributed by atoms with van der Waals surface area (Å²) < 4.78 is 0.898. The molecule has 0 unspecified atom stereocenters. The number of rotatable bonds is 3. The van der Waals surface area contributed by atoms with Gasteiger partial charge in [0.2, 0.25) is 0 Å². The van der Waals surface area contributed by atoms with Crippen LogP contribution in [0, 0.1) is 3.82 Å². The Kier molecular flexibility index (Phi) is 4.71. The number of phenolic OH excluding ortho intramolecular Hbond substituents is 1. The molecule has 0 bridgehead atoms. The van der Waals surface area contributed by atoms with Gasteiger partial charge in [-0.05, 0) is 42.7 Å². The Morgan fingerprint density at radius 1 is 1.19 bits per heavy atom. The number of phenols is 1. The van der Waals surface area contributed by atoms with Crippen LogP contribution >= 0.6 is 32.9 Å². The lowest BCUT2D eigenvalue weighted by atomic mass is 10.0. The SMILES string of the molecule is Oc1ccc(-c2cc(=S)ss2)cc1CN1CCC(O)CC1. The summed E-state index contributed by atoms with van der Waals surface area (Å²) in [5, 5.41) is 19.6. The van der Waals surface area contributed by atoms with E-state index in [1.807, 2.05) is 18.2 Å². The Balaban J connectivity index is 1.80. The van der Waals surface area contributed by atoms with Crippen LogP contribution in [0.5, 0.6) is 5.75 Å². The first-order chi connectivity index (χ1) is 10.1. The minimum absolute atomic E-state index is 0.167. The highest BCUT2D eigenvalue weighted by Gasteiger charge is 2.18. The van der Waals surface area contributed by atoms with Crippen LogP contribution in [0.25, 0.3) is 10.4 Å². The van der Waals surface area contributed by atoms with Gasteiger partial charge in [-0.1, -0.05) is 32.9 Å². The summed E-state index contributed by atoms with van der Waals surface area (Å²) in [6.45, 7) is 2.48. The maximum absolute atomic E-state index is 10.1. The lowest BCUT2D eigenvalue weighted by Gasteiger charge is -2.29. The van der Waals surface area contributed by atoms with E-state index in [1.54, 1.807) is 26.7 Å². The van der Waals surface area contributed by atoms with Gasteiger partial charge in [-0.2, -0.15) is 0 Å². The van der Waals surface area contributed by atoms with Crippen LogP contribution in [0.15, 0.2) is 24.3 Å². The minimum atomic E-state index is -0.167. The molecule has 2 aromatic rings. The van der Waals surface area contributed by atoms with Crippen molar-refractivity contribution in [1.82, 2.24) is 4.90 Å². The normalized spacial score (nSPS) is 17.2. The summed E-state index contributed by atoms with van der Waals surface area (Å²) in [5.41, 5.74) is 2.05. The van der Waals surface area contributed by atoms with E-state index in [0.717, 1.165) is 52.3 Å². The molecule has 0 amide bonds. The molecule has 2 N–H and O–H groups in total. The molecular weight excluding hydrogens is 322 g/mol.